The summed E-state index contributed by atoms with van der Waals surface area (Å²) in [4.78, 5) is 2.34. The molecular formula is C8H15N3. The SMILES string of the molecule is NN=C1CCC2CCCN1C2. The van der Waals surface area contributed by atoms with Gasteiger partial charge in [0.25, 0.3) is 0 Å². The van der Waals surface area contributed by atoms with Crippen LogP contribution >= 0.6 is 0 Å². The highest BCUT2D eigenvalue weighted by atomic mass is 15.3. The predicted octanol–water partition coefficient (Wildman–Crippen LogP) is 0.764. The number of rotatable bonds is 0. The van der Waals surface area contributed by atoms with Crippen LogP contribution < -0.4 is 5.84 Å². The number of hydrogen-bond acceptors (Lipinski definition) is 2. The second kappa shape index (κ2) is 2.72. The average molecular weight is 153 g/mol. The maximum Gasteiger partial charge on any atom is 0.124 e. The molecule has 2 fully saturated rings. The summed E-state index contributed by atoms with van der Waals surface area (Å²) < 4.78 is 0. The van der Waals surface area contributed by atoms with Crippen LogP contribution in [0.5, 0.6) is 0 Å². The van der Waals surface area contributed by atoms with E-state index in [0.717, 1.165) is 18.2 Å². The fraction of sp³-hybridized carbons (Fsp3) is 0.875. The van der Waals surface area contributed by atoms with Gasteiger partial charge in [0.2, 0.25) is 0 Å². The van der Waals surface area contributed by atoms with E-state index in [4.69, 9.17) is 5.84 Å². The Bertz CT molecular complexity index is 176. The molecule has 1 atom stereocenters. The van der Waals surface area contributed by atoms with Crippen LogP contribution in [-0.2, 0) is 0 Å². The minimum Gasteiger partial charge on any atom is -0.358 e. The Morgan fingerprint density at radius 2 is 2.36 bits per heavy atom. The van der Waals surface area contributed by atoms with Gasteiger partial charge in [-0.05, 0) is 25.2 Å². The molecule has 1 unspecified atom stereocenters. The van der Waals surface area contributed by atoms with Gasteiger partial charge >= 0.3 is 0 Å². The van der Waals surface area contributed by atoms with E-state index in [1.54, 1.807) is 0 Å². The zero-order valence-corrected chi connectivity index (χ0v) is 6.79. The van der Waals surface area contributed by atoms with Crippen molar-refractivity contribution in [1.82, 2.24) is 4.90 Å². The maximum absolute atomic E-state index is 5.29. The van der Waals surface area contributed by atoms with Gasteiger partial charge in [-0.3, -0.25) is 0 Å². The first-order valence-corrected chi connectivity index (χ1v) is 4.42. The number of amidine groups is 1. The van der Waals surface area contributed by atoms with Crippen LogP contribution in [0.1, 0.15) is 25.7 Å². The summed E-state index contributed by atoms with van der Waals surface area (Å²) in [6.07, 6.45) is 5.13. The van der Waals surface area contributed by atoms with Crippen molar-refractivity contribution in [3.63, 3.8) is 0 Å². The monoisotopic (exact) mass is 153 g/mol. The van der Waals surface area contributed by atoms with Crippen molar-refractivity contribution in [3.8, 4) is 0 Å². The van der Waals surface area contributed by atoms with Gasteiger partial charge in [0, 0.05) is 19.5 Å². The molecule has 11 heavy (non-hydrogen) atoms. The molecule has 3 heteroatoms. The molecule has 0 aromatic carbocycles. The third kappa shape index (κ3) is 1.19. The zero-order valence-electron chi connectivity index (χ0n) is 6.79. The molecular weight excluding hydrogens is 138 g/mol. The molecule has 0 radical (unpaired) electrons. The smallest absolute Gasteiger partial charge is 0.124 e. The van der Waals surface area contributed by atoms with Crippen LogP contribution in [0.4, 0.5) is 0 Å². The molecule has 2 aliphatic rings. The Hall–Kier alpha value is -0.730. The number of hydrazone groups is 1. The van der Waals surface area contributed by atoms with Gasteiger partial charge in [-0.25, -0.2) is 0 Å². The summed E-state index contributed by atoms with van der Waals surface area (Å²) >= 11 is 0. The van der Waals surface area contributed by atoms with Crippen molar-refractivity contribution < 1.29 is 0 Å². The zero-order chi connectivity index (χ0) is 7.68. The van der Waals surface area contributed by atoms with Crippen LogP contribution in [0.15, 0.2) is 5.10 Å². The lowest BCUT2D eigenvalue weighted by Gasteiger charge is -2.39. The molecule has 0 aliphatic carbocycles. The Morgan fingerprint density at radius 1 is 1.45 bits per heavy atom. The molecule has 2 saturated heterocycles. The molecule has 62 valence electrons. The quantitative estimate of drug-likeness (QED) is 0.412. The number of piperidine rings is 2. The lowest BCUT2D eigenvalue weighted by atomic mass is 9.89. The highest BCUT2D eigenvalue weighted by molar-refractivity contribution is 5.82. The van der Waals surface area contributed by atoms with Gasteiger partial charge in [0.15, 0.2) is 0 Å². The number of nitrogens with zero attached hydrogens (tertiary/aromatic N) is 2. The predicted molar refractivity (Wildman–Crippen MR) is 45.2 cm³/mol. The van der Waals surface area contributed by atoms with E-state index in [-0.39, 0.29) is 0 Å². The van der Waals surface area contributed by atoms with Gasteiger partial charge in [-0.1, -0.05) is 0 Å². The van der Waals surface area contributed by atoms with E-state index in [1.165, 1.54) is 32.4 Å². The van der Waals surface area contributed by atoms with Crippen LogP contribution in [0.3, 0.4) is 0 Å². The maximum atomic E-state index is 5.29. The molecule has 3 nitrogen and oxygen atoms in total. The van der Waals surface area contributed by atoms with E-state index in [9.17, 15) is 0 Å². The van der Waals surface area contributed by atoms with E-state index in [2.05, 4.69) is 10.0 Å². The third-order valence-electron chi connectivity index (χ3n) is 2.81. The van der Waals surface area contributed by atoms with E-state index < -0.39 is 0 Å². The summed E-state index contributed by atoms with van der Waals surface area (Å²) in [6.45, 7) is 2.38. The molecule has 2 heterocycles. The topological polar surface area (TPSA) is 41.6 Å². The van der Waals surface area contributed by atoms with Crippen LogP contribution in [0, 0.1) is 5.92 Å². The first-order chi connectivity index (χ1) is 5.40. The average Bonchev–Trinajstić information content (AvgIpc) is 2.06. The molecule has 0 aromatic heterocycles. The van der Waals surface area contributed by atoms with Crippen LogP contribution in [-0.4, -0.2) is 23.8 Å². The van der Waals surface area contributed by atoms with Crippen molar-refractivity contribution in [3.05, 3.63) is 0 Å². The Morgan fingerprint density at radius 3 is 3.18 bits per heavy atom. The number of fused-ring (bicyclic) bond motifs is 2. The second-order valence-electron chi connectivity index (χ2n) is 3.54. The van der Waals surface area contributed by atoms with E-state index >= 15 is 0 Å². The standard InChI is InChI=1S/C8H15N3/c9-10-8-4-3-7-2-1-5-11(8)6-7/h7H,1-6,9H2. The highest BCUT2D eigenvalue weighted by Crippen LogP contribution is 2.26. The van der Waals surface area contributed by atoms with Gasteiger partial charge < -0.3 is 10.7 Å². The summed E-state index contributed by atoms with van der Waals surface area (Å²) in [6, 6.07) is 0. The fourth-order valence-corrected chi connectivity index (χ4v) is 2.17. The summed E-state index contributed by atoms with van der Waals surface area (Å²) in [5.41, 5.74) is 0. The molecule has 0 amide bonds. The van der Waals surface area contributed by atoms with Crippen molar-refractivity contribution in [2.75, 3.05) is 13.1 Å². The van der Waals surface area contributed by atoms with Crippen molar-refractivity contribution in [2.45, 2.75) is 25.7 Å². The van der Waals surface area contributed by atoms with Crippen molar-refractivity contribution in [1.29, 1.82) is 0 Å². The van der Waals surface area contributed by atoms with Gasteiger partial charge in [-0.2, -0.15) is 5.10 Å². The Balaban J connectivity index is 2.08. The highest BCUT2D eigenvalue weighted by Gasteiger charge is 2.27. The fourth-order valence-electron chi connectivity index (χ4n) is 2.17. The van der Waals surface area contributed by atoms with Gasteiger partial charge in [0.05, 0.1) is 0 Å². The molecule has 0 saturated carbocycles. The summed E-state index contributed by atoms with van der Waals surface area (Å²) in [5, 5.41) is 3.81. The normalized spacial score (nSPS) is 34.4. The first-order valence-electron chi connectivity index (χ1n) is 4.42. The lowest BCUT2D eigenvalue weighted by molar-refractivity contribution is 0.219. The third-order valence-corrected chi connectivity index (χ3v) is 2.81. The minimum absolute atomic E-state index is 0.925. The second-order valence-corrected chi connectivity index (χ2v) is 3.54. The molecule has 2 aliphatic heterocycles. The lowest BCUT2D eigenvalue weighted by Crippen LogP contribution is -2.44. The Kier molecular flexibility index (Phi) is 1.72. The Labute approximate surface area is 67.2 Å². The molecule has 0 aromatic rings. The van der Waals surface area contributed by atoms with Crippen LogP contribution in [0.2, 0.25) is 0 Å². The number of nitrogens with two attached hydrogens (primary N) is 1. The molecule has 0 spiro atoms. The van der Waals surface area contributed by atoms with Crippen molar-refractivity contribution >= 4 is 5.84 Å². The van der Waals surface area contributed by atoms with Crippen molar-refractivity contribution in [2.24, 2.45) is 16.9 Å². The first kappa shape index (κ1) is 6.95. The molecule has 2 N–H and O–H groups in total. The van der Waals surface area contributed by atoms with Crippen LogP contribution in [0.25, 0.3) is 0 Å². The molecule has 2 rings (SSSR count). The summed E-state index contributed by atoms with van der Waals surface area (Å²) in [7, 11) is 0. The summed E-state index contributed by atoms with van der Waals surface area (Å²) in [5.74, 6) is 7.34. The van der Waals surface area contributed by atoms with Gasteiger partial charge in [-0.15, -0.1) is 0 Å². The molecule has 2 bridgehead atoms. The van der Waals surface area contributed by atoms with E-state index in [1.807, 2.05) is 0 Å². The minimum atomic E-state index is 0.925. The number of hydrogen-bond donors (Lipinski definition) is 1. The largest absolute Gasteiger partial charge is 0.358 e. The van der Waals surface area contributed by atoms with E-state index in [0.29, 0.717) is 0 Å². The van der Waals surface area contributed by atoms with Gasteiger partial charge in [0.1, 0.15) is 5.84 Å².